The highest BCUT2D eigenvalue weighted by atomic mass is 19.3. The van der Waals surface area contributed by atoms with Crippen LogP contribution in [0.2, 0.25) is 0 Å². The van der Waals surface area contributed by atoms with E-state index in [0.717, 1.165) is 24.4 Å². The van der Waals surface area contributed by atoms with Gasteiger partial charge in [-0.25, -0.2) is 9.18 Å². The maximum atomic E-state index is 13.7. The number of aromatic amines is 1. The molecule has 0 bridgehead atoms. The average molecular weight is 272 g/mol. The summed E-state index contributed by atoms with van der Waals surface area (Å²) in [4.78, 5) is 10.9. The minimum Gasteiger partial charge on any atom is -0.478 e. The van der Waals surface area contributed by atoms with Gasteiger partial charge in [0.05, 0.1) is 11.9 Å². The lowest BCUT2D eigenvalue weighted by Gasteiger charge is -2.07. The minimum atomic E-state index is -3.06. The number of H-pyrrole nitrogens is 1. The highest BCUT2D eigenvalue weighted by molar-refractivity contribution is 5.94. The SMILES string of the molecule is O=C(O)c1cn[nH]c1-c1ccc(OC(F)F)cc1F. The predicted octanol–water partition coefficient (Wildman–Crippen LogP) is 2.52. The Morgan fingerprint density at radius 3 is 2.74 bits per heavy atom. The molecule has 0 saturated carbocycles. The van der Waals surface area contributed by atoms with E-state index in [0.29, 0.717) is 0 Å². The van der Waals surface area contributed by atoms with Crippen LogP contribution < -0.4 is 4.74 Å². The van der Waals surface area contributed by atoms with Crippen molar-refractivity contribution in [2.75, 3.05) is 0 Å². The van der Waals surface area contributed by atoms with Gasteiger partial charge in [-0.05, 0) is 12.1 Å². The largest absolute Gasteiger partial charge is 0.478 e. The zero-order chi connectivity index (χ0) is 14.0. The number of halogens is 3. The highest BCUT2D eigenvalue weighted by Crippen LogP contribution is 2.27. The van der Waals surface area contributed by atoms with E-state index in [1.807, 2.05) is 0 Å². The normalized spacial score (nSPS) is 10.7. The number of hydrogen-bond donors (Lipinski definition) is 2. The van der Waals surface area contributed by atoms with Gasteiger partial charge in [0.1, 0.15) is 17.1 Å². The number of nitrogens with one attached hydrogen (secondary N) is 1. The van der Waals surface area contributed by atoms with Crippen LogP contribution in [0, 0.1) is 5.82 Å². The van der Waals surface area contributed by atoms with E-state index in [4.69, 9.17) is 5.11 Å². The molecule has 0 atom stereocenters. The number of rotatable bonds is 4. The van der Waals surface area contributed by atoms with E-state index < -0.39 is 18.4 Å². The molecule has 0 unspecified atom stereocenters. The van der Waals surface area contributed by atoms with Crippen LogP contribution in [0.25, 0.3) is 11.3 Å². The predicted molar refractivity (Wildman–Crippen MR) is 57.6 cm³/mol. The molecule has 0 amide bonds. The van der Waals surface area contributed by atoms with Gasteiger partial charge in [-0.2, -0.15) is 13.9 Å². The third kappa shape index (κ3) is 2.67. The van der Waals surface area contributed by atoms with Crippen LogP contribution in [0.1, 0.15) is 10.4 Å². The zero-order valence-electron chi connectivity index (χ0n) is 9.23. The molecule has 0 fully saturated rings. The van der Waals surface area contributed by atoms with Gasteiger partial charge in [-0.1, -0.05) is 0 Å². The summed E-state index contributed by atoms with van der Waals surface area (Å²) in [6.07, 6.45) is 1.03. The van der Waals surface area contributed by atoms with Gasteiger partial charge in [0.15, 0.2) is 0 Å². The maximum Gasteiger partial charge on any atom is 0.387 e. The Kier molecular flexibility index (Phi) is 3.41. The third-order valence-corrected chi connectivity index (χ3v) is 2.30. The first-order chi connectivity index (χ1) is 8.99. The van der Waals surface area contributed by atoms with Crippen LogP contribution >= 0.6 is 0 Å². The molecule has 0 saturated heterocycles. The summed E-state index contributed by atoms with van der Waals surface area (Å²) in [6, 6.07) is 2.98. The fourth-order valence-corrected chi connectivity index (χ4v) is 1.53. The van der Waals surface area contributed by atoms with Crippen LogP contribution in [0.4, 0.5) is 13.2 Å². The number of carboxylic acid groups (broad SMARTS) is 1. The van der Waals surface area contributed by atoms with Crippen molar-refractivity contribution in [3.8, 4) is 17.0 Å². The third-order valence-electron chi connectivity index (χ3n) is 2.30. The number of benzene rings is 1. The van der Waals surface area contributed by atoms with Gasteiger partial charge >= 0.3 is 12.6 Å². The summed E-state index contributed by atoms with van der Waals surface area (Å²) in [5.74, 6) is -2.53. The smallest absolute Gasteiger partial charge is 0.387 e. The molecule has 0 aliphatic heterocycles. The van der Waals surface area contributed by atoms with Crippen molar-refractivity contribution in [3.05, 3.63) is 35.8 Å². The molecule has 100 valence electrons. The molecule has 0 aliphatic carbocycles. The lowest BCUT2D eigenvalue weighted by Crippen LogP contribution is -2.03. The van der Waals surface area contributed by atoms with Crippen LogP contribution in [0.3, 0.4) is 0 Å². The Morgan fingerprint density at radius 1 is 1.42 bits per heavy atom. The van der Waals surface area contributed by atoms with Gasteiger partial charge in [-0.15, -0.1) is 0 Å². The van der Waals surface area contributed by atoms with Gasteiger partial charge in [-0.3, -0.25) is 5.10 Å². The molecule has 1 aromatic heterocycles. The van der Waals surface area contributed by atoms with Gasteiger partial charge < -0.3 is 9.84 Å². The lowest BCUT2D eigenvalue weighted by molar-refractivity contribution is -0.0499. The standard InChI is InChI=1S/C11H7F3N2O3/c12-8-3-5(19-11(13)14)1-2-6(8)9-7(10(17)18)4-15-16-9/h1-4,11H,(H,15,16)(H,17,18). The number of ether oxygens (including phenoxy) is 1. The van der Waals surface area contributed by atoms with Crippen LogP contribution in [-0.2, 0) is 0 Å². The second kappa shape index (κ2) is 5.01. The number of carbonyl (C=O) groups is 1. The molecule has 2 aromatic rings. The first-order valence-corrected chi connectivity index (χ1v) is 5.00. The Bertz CT molecular complexity index is 613. The Labute approximate surface area is 104 Å². The molecule has 2 rings (SSSR count). The molecule has 0 spiro atoms. The minimum absolute atomic E-state index is 0.0476. The second-order valence-corrected chi connectivity index (χ2v) is 3.48. The van der Waals surface area contributed by atoms with Crippen molar-refractivity contribution in [2.24, 2.45) is 0 Å². The van der Waals surface area contributed by atoms with Gasteiger partial charge in [0.2, 0.25) is 0 Å². The maximum absolute atomic E-state index is 13.7. The summed E-state index contributed by atoms with van der Waals surface area (Å²) in [5, 5.41) is 14.7. The summed E-state index contributed by atoms with van der Waals surface area (Å²) >= 11 is 0. The van der Waals surface area contributed by atoms with E-state index >= 15 is 0 Å². The number of aromatic nitrogens is 2. The van der Waals surface area contributed by atoms with Gasteiger partial charge in [0.25, 0.3) is 0 Å². The lowest BCUT2D eigenvalue weighted by atomic mass is 10.1. The van der Waals surface area contributed by atoms with E-state index in [-0.39, 0.29) is 22.6 Å². The Balaban J connectivity index is 2.41. The number of aromatic carboxylic acids is 1. The van der Waals surface area contributed by atoms with Crippen molar-refractivity contribution in [1.82, 2.24) is 10.2 Å². The fraction of sp³-hybridized carbons (Fsp3) is 0.0909. The van der Waals surface area contributed by atoms with E-state index in [9.17, 15) is 18.0 Å². The van der Waals surface area contributed by atoms with Crippen molar-refractivity contribution in [2.45, 2.75) is 6.61 Å². The molecule has 1 heterocycles. The molecular weight excluding hydrogens is 265 g/mol. The first kappa shape index (κ1) is 12.9. The summed E-state index contributed by atoms with van der Waals surface area (Å²) < 4.78 is 41.7. The van der Waals surface area contributed by atoms with Gasteiger partial charge in [0, 0.05) is 11.6 Å². The molecule has 2 N–H and O–H groups in total. The zero-order valence-corrected chi connectivity index (χ0v) is 9.23. The molecule has 1 aromatic carbocycles. The molecule has 0 radical (unpaired) electrons. The Hall–Kier alpha value is -2.51. The fourth-order valence-electron chi connectivity index (χ4n) is 1.53. The first-order valence-electron chi connectivity index (χ1n) is 5.00. The Morgan fingerprint density at radius 2 is 2.16 bits per heavy atom. The van der Waals surface area contributed by atoms with E-state index in [1.165, 1.54) is 0 Å². The molecular formula is C11H7F3N2O3. The van der Waals surface area contributed by atoms with E-state index in [2.05, 4.69) is 14.9 Å². The number of alkyl halides is 2. The quantitative estimate of drug-likeness (QED) is 0.896. The second-order valence-electron chi connectivity index (χ2n) is 3.48. The average Bonchev–Trinajstić information content (AvgIpc) is 2.77. The van der Waals surface area contributed by atoms with Crippen LogP contribution in [-0.4, -0.2) is 27.9 Å². The summed E-state index contributed by atoms with van der Waals surface area (Å²) in [5.41, 5.74) is -0.369. The van der Waals surface area contributed by atoms with Crippen molar-refractivity contribution in [1.29, 1.82) is 0 Å². The monoisotopic (exact) mass is 272 g/mol. The topological polar surface area (TPSA) is 75.2 Å². The molecule has 5 nitrogen and oxygen atoms in total. The number of nitrogens with zero attached hydrogens (tertiary/aromatic N) is 1. The number of carboxylic acids is 1. The molecule has 8 heteroatoms. The molecule has 19 heavy (non-hydrogen) atoms. The number of hydrogen-bond acceptors (Lipinski definition) is 3. The highest BCUT2D eigenvalue weighted by Gasteiger charge is 2.18. The summed E-state index contributed by atoms with van der Waals surface area (Å²) in [6.45, 7) is -3.06. The van der Waals surface area contributed by atoms with Crippen LogP contribution in [0.15, 0.2) is 24.4 Å². The van der Waals surface area contributed by atoms with Crippen molar-refractivity contribution >= 4 is 5.97 Å². The van der Waals surface area contributed by atoms with Crippen molar-refractivity contribution < 1.29 is 27.8 Å². The molecule has 0 aliphatic rings. The van der Waals surface area contributed by atoms with E-state index in [1.54, 1.807) is 0 Å². The van der Waals surface area contributed by atoms with Crippen molar-refractivity contribution in [3.63, 3.8) is 0 Å². The van der Waals surface area contributed by atoms with Crippen LogP contribution in [0.5, 0.6) is 5.75 Å². The summed E-state index contributed by atoms with van der Waals surface area (Å²) in [7, 11) is 0.